The predicted molar refractivity (Wildman–Crippen MR) is 137 cm³/mol. The minimum absolute atomic E-state index is 0.0781. The fourth-order valence-electron chi connectivity index (χ4n) is 4.96. The van der Waals surface area contributed by atoms with Crippen LogP contribution in [-0.4, -0.2) is 37.0 Å². The molecule has 35 heavy (non-hydrogen) atoms. The molecule has 0 saturated carbocycles. The maximum Gasteiger partial charge on any atom is 0.300 e. The van der Waals surface area contributed by atoms with Gasteiger partial charge in [0.05, 0.1) is 18.7 Å². The summed E-state index contributed by atoms with van der Waals surface area (Å²) in [6.07, 6.45) is 2.35. The summed E-state index contributed by atoms with van der Waals surface area (Å²) < 4.78 is 5.21. The molecule has 178 valence electrons. The zero-order valence-electron chi connectivity index (χ0n) is 19.9. The Morgan fingerprint density at radius 1 is 0.914 bits per heavy atom. The molecule has 2 heterocycles. The number of aliphatic hydroxyl groups excluding tert-OH is 1. The summed E-state index contributed by atoms with van der Waals surface area (Å²) in [5.41, 5.74) is 4.02. The zero-order valence-corrected chi connectivity index (χ0v) is 19.9. The summed E-state index contributed by atoms with van der Waals surface area (Å²) in [6.45, 7) is 4.01. The number of ether oxygens (including phenoxy) is 1. The van der Waals surface area contributed by atoms with E-state index in [9.17, 15) is 14.7 Å². The molecule has 5 rings (SSSR count). The van der Waals surface area contributed by atoms with Gasteiger partial charge in [-0.25, -0.2) is 0 Å². The molecule has 6 nitrogen and oxygen atoms in total. The van der Waals surface area contributed by atoms with Crippen molar-refractivity contribution in [1.82, 2.24) is 0 Å². The molecule has 3 aromatic carbocycles. The molecular formula is C29H28N2O4. The van der Waals surface area contributed by atoms with Crippen LogP contribution >= 0.6 is 0 Å². The first-order valence-electron chi connectivity index (χ1n) is 11.8. The van der Waals surface area contributed by atoms with Gasteiger partial charge >= 0.3 is 0 Å². The number of aliphatic hydroxyl groups is 1. The molecule has 1 atom stereocenters. The third-order valence-corrected chi connectivity index (χ3v) is 6.76. The van der Waals surface area contributed by atoms with Gasteiger partial charge in [0.15, 0.2) is 0 Å². The van der Waals surface area contributed by atoms with Crippen molar-refractivity contribution in [1.29, 1.82) is 0 Å². The average molecular weight is 469 g/mol. The number of Topliss-reactive ketones (excluding diaryl/α,β-unsaturated/α-hetero) is 1. The van der Waals surface area contributed by atoms with Crippen molar-refractivity contribution in [3.8, 4) is 5.75 Å². The van der Waals surface area contributed by atoms with Crippen molar-refractivity contribution in [2.75, 3.05) is 30.0 Å². The van der Waals surface area contributed by atoms with E-state index >= 15 is 0 Å². The van der Waals surface area contributed by atoms with Crippen LogP contribution in [0.15, 0.2) is 78.4 Å². The Hall–Kier alpha value is -4.06. The van der Waals surface area contributed by atoms with E-state index in [4.69, 9.17) is 4.74 Å². The third-order valence-electron chi connectivity index (χ3n) is 6.76. The Bertz CT molecular complexity index is 1290. The van der Waals surface area contributed by atoms with Gasteiger partial charge in [0, 0.05) is 30.0 Å². The van der Waals surface area contributed by atoms with E-state index in [0.717, 1.165) is 29.9 Å². The first-order chi connectivity index (χ1) is 17.0. The van der Waals surface area contributed by atoms with E-state index in [2.05, 4.69) is 4.90 Å². The summed E-state index contributed by atoms with van der Waals surface area (Å²) in [5, 5.41) is 11.3. The van der Waals surface area contributed by atoms with E-state index in [1.165, 1.54) is 17.7 Å². The maximum absolute atomic E-state index is 13.4. The van der Waals surface area contributed by atoms with Crippen molar-refractivity contribution >= 4 is 28.8 Å². The van der Waals surface area contributed by atoms with E-state index in [0.29, 0.717) is 17.0 Å². The number of aryl methyl sites for hydroxylation is 1. The molecule has 6 heteroatoms. The average Bonchev–Trinajstić information content (AvgIpc) is 3.51. The fraction of sp³-hybridized carbons (Fsp3) is 0.241. The molecule has 2 aliphatic heterocycles. The number of hydrogen-bond acceptors (Lipinski definition) is 5. The van der Waals surface area contributed by atoms with Gasteiger partial charge in [-0.2, -0.15) is 0 Å². The number of rotatable bonds is 5. The fourth-order valence-corrected chi connectivity index (χ4v) is 4.96. The highest BCUT2D eigenvalue weighted by Gasteiger charge is 2.47. The molecule has 0 bridgehead atoms. The molecule has 2 aliphatic rings. The number of methoxy groups -OCH3 is 1. The number of carbonyl (C=O) groups is 2. The molecule has 1 N–H and O–H groups in total. The maximum atomic E-state index is 13.4. The van der Waals surface area contributed by atoms with Crippen LogP contribution in [0.5, 0.6) is 5.75 Å². The number of amides is 1. The first-order valence-corrected chi connectivity index (χ1v) is 11.8. The number of carbonyl (C=O) groups excluding carboxylic acids is 2. The molecule has 2 saturated heterocycles. The van der Waals surface area contributed by atoms with E-state index in [-0.39, 0.29) is 11.3 Å². The van der Waals surface area contributed by atoms with Crippen LogP contribution in [0.2, 0.25) is 0 Å². The topological polar surface area (TPSA) is 70.1 Å². The lowest BCUT2D eigenvalue weighted by Crippen LogP contribution is -2.29. The van der Waals surface area contributed by atoms with Crippen molar-refractivity contribution in [3.63, 3.8) is 0 Å². The summed E-state index contributed by atoms with van der Waals surface area (Å²) in [4.78, 5) is 30.5. The minimum atomic E-state index is -0.741. The van der Waals surface area contributed by atoms with Crippen molar-refractivity contribution < 1.29 is 19.4 Å². The van der Waals surface area contributed by atoms with Gasteiger partial charge in [0.2, 0.25) is 0 Å². The van der Waals surface area contributed by atoms with Crippen LogP contribution in [0.25, 0.3) is 5.76 Å². The van der Waals surface area contributed by atoms with Gasteiger partial charge in [-0.3, -0.25) is 14.5 Å². The zero-order chi connectivity index (χ0) is 24.5. The number of hydrogen-bond donors (Lipinski definition) is 1. The van der Waals surface area contributed by atoms with Crippen LogP contribution in [0, 0.1) is 6.92 Å². The van der Waals surface area contributed by atoms with Gasteiger partial charge in [-0.1, -0.05) is 29.8 Å². The van der Waals surface area contributed by atoms with Crippen LogP contribution in [-0.2, 0) is 9.59 Å². The van der Waals surface area contributed by atoms with Gasteiger partial charge < -0.3 is 14.7 Å². The molecular weight excluding hydrogens is 440 g/mol. The Balaban J connectivity index is 1.62. The molecule has 2 fully saturated rings. The number of anilines is 2. The number of nitrogens with zero attached hydrogens (tertiary/aromatic N) is 2. The Morgan fingerprint density at radius 2 is 1.57 bits per heavy atom. The molecule has 0 aromatic heterocycles. The lowest BCUT2D eigenvalue weighted by molar-refractivity contribution is -0.132. The van der Waals surface area contributed by atoms with Crippen molar-refractivity contribution in [3.05, 3.63) is 95.1 Å². The Morgan fingerprint density at radius 3 is 2.20 bits per heavy atom. The van der Waals surface area contributed by atoms with Gasteiger partial charge in [0.25, 0.3) is 11.7 Å². The van der Waals surface area contributed by atoms with Crippen molar-refractivity contribution in [2.24, 2.45) is 0 Å². The Labute approximate surface area is 205 Å². The van der Waals surface area contributed by atoms with Gasteiger partial charge in [-0.15, -0.1) is 0 Å². The predicted octanol–water partition coefficient (Wildman–Crippen LogP) is 5.23. The summed E-state index contributed by atoms with van der Waals surface area (Å²) >= 11 is 0. The highest BCUT2D eigenvalue weighted by molar-refractivity contribution is 6.51. The lowest BCUT2D eigenvalue weighted by atomic mass is 9.94. The van der Waals surface area contributed by atoms with Crippen LogP contribution in [0.4, 0.5) is 11.4 Å². The van der Waals surface area contributed by atoms with E-state index in [1.807, 2.05) is 55.5 Å². The smallest absolute Gasteiger partial charge is 0.300 e. The SMILES string of the molecule is COc1ccc(/C(O)=C2\C(=O)C(=O)N(c3ccc(N4CCCC4)cc3)C2c2cccc(C)c2)cc1. The second-order valence-corrected chi connectivity index (χ2v) is 9.02. The standard InChI is InChI=1S/C29H28N2O4/c1-19-6-5-7-21(18-19)26-25(27(32)20-8-14-24(35-2)15-9-20)28(33)29(34)31(26)23-12-10-22(11-13-23)30-16-3-4-17-30/h5-15,18,26,32H,3-4,16-17H2,1-2H3/b27-25+. The quantitative estimate of drug-likeness (QED) is 0.315. The Kier molecular flexibility index (Phi) is 6.03. The van der Waals surface area contributed by atoms with Crippen LogP contribution < -0.4 is 14.5 Å². The summed E-state index contributed by atoms with van der Waals surface area (Å²) in [7, 11) is 1.56. The van der Waals surface area contributed by atoms with Gasteiger partial charge in [0.1, 0.15) is 11.5 Å². The summed E-state index contributed by atoms with van der Waals surface area (Å²) in [5.74, 6) is -0.919. The van der Waals surface area contributed by atoms with E-state index in [1.54, 1.807) is 31.4 Å². The molecule has 0 radical (unpaired) electrons. The largest absolute Gasteiger partial charge is 0.507 e. The number of benzene rings is 3. The van der Waals surface area contributed by atoms with Gasteiger partial charge in [-0.05, 0) is 73.9 Å². The summed E-state index contributed by atoms with van der Waals surface area (Å²) in [6, 6.07) is 21.5. The normalized spacial score (nSPS) is 19.4. The van der Waals surface area contributed by atoms with E-state index < -0.39 is 17.7 Å². The monoisotopic (exact) mass is 468 g/mol. The van der Waals surface area contributed by atoms with Crippen LogP contribution in [0.1, 0.15) is 35.6 Å². The second-order valence-electron chi connectivity index (χ2n) is 9.02. The minimum Gasteiger partial charge on any atom is -0.507 e. The lowest BCUT2D eigenvalue weighted by Gasteiger charge is -2.26. The van der Waals surface area contributed by atoms with Crippen molar-refractivity contribution in [2.45, 2.75) is 25.8 Å². The molecule has 1 amide bonds. The third kappa shape index (κ3) is 4.16. The number of ketones is 1. The molecule has 0 aliphatic carbocycles. The highest BCUT2D eigenvalue weighted by atomic mass is 16.5. The second kappa shape index (κ2) is 9.29. The highest BCUT2D eigenvalue weighted by Crippen LogP contribution is 2.42. The van der Waals surface area contributed by atoms with Crippen LogP contribution in [0.3, 0.4) is 0 Å². The molecule has 3 aromatic rings. The first kappa shape index (κ1) is 22.7. The molecule has 0 spiro atoms. The molecule has 1 unspecified atom stereocenters.